The summed E-state index contributed by atoms with van der Waals surface area (Å²) in [4.78, 5) is 12.7. The Kier molecular flexibility index (Phi) is 2.21. The first kappa shape index (κ1) is 7.91. The average Bonchev–Trinajstić information content (AvgIpc) is 2.65. The quantitative estimate of drug-likeness (QED) is 0.607. The highest BCUT2D eigenvalue weighted by Crippen LogP contribution is 2.06. The molecule has 66 valence electrons. The van der Waals surface area contributed by atoms with E-state index in [4.69, 9.17) is 0 Å². The Bertz CT molecular complexity index is 225. The average molecular weight is 184 g/mol. The van der Waals surface area contributed by atoms with Crippen LogP contribution in [0.2, 0.25) is 0 Å². The molecule has 2 heterocycles. The zero-order valence-electron chi connectivity index (χ0n) is 6.85. The Morgan fingerprint density at radius 2 is 2.33 bits per heavy atom. The van der Waals surface area contributed by atoms with Crippen LogP contribution in [0.3, 0.4) is 0 Å². The third kappa shape index (κ3) is 1.55. The van der Waals surface area contributed by atoms with E-state index in [0.717, 1.165) is 38.0 Å². The molecular formula is C7H12N4S. The van der Waals surface area contributed by atoms with Gasteiger partial charge >= 0.3 is 0 Å². The second kappa shape index (κ2) is 3.35. The summed E-state index contributed by atoms with van der Waals surface area (Å²) in [6.07, 6.45) is 1.90. The number of hydrogen-bond donors (Lipinski definition) is 1. The molecule has 0 N–H and O–H groups in total. The van der Waals surface area contributed by atoms with E-state index >= 15 is 0 Å². The number of aliphatic imine (C=N–C) groups is 2. The summed E-state index contributed by atoms with van der Waals surface area (Å²) < 4.78 is 0. The zero-order valence-corrected chi connectivity index (χ0v) is 7.74. The maximum absolute atomic E-state index is 4.26. The summed E-state index contributed by atoms with van der Waals surface area (Å²) in [7, 11) is 0. The third-order valence-electron chi connectivity index (χ3n) is 2.02. The van der Waals surface area contributed by atoms with Crippen LogP contribution < -0.4 is 0 Å². The second-order valence-electron chi connectivity index (χ2n) is 2.92. The Morgan fingerprint density at radius 3 is 2.92 bits per heavy atom. The van der Waals surface area contributed by atoms with Crippen molar-refractivity contribution in [2.75, 3.05) is 32.8 Å². The monoisotopic (exact) mass is 184 g/mol. The largest absolute Gasteiger partial charge is 0.343 e. The molecule has 12 heavy (non-hydrogen) atoms. The molecule has 2 aliphatic rings. The summed E-state index contributed by atoms with van der Waals surface area (Å²) in [6, 6.07) is 0. The molecule has 5 heteroatoms. The van der Waals surface area contributed by atoms with Gasteiger partial charge in [-0.3, -0.25) is 9.98 Å². The highest BCUT2D eigenvalue weighted by molar-refractivity contribution is 7.96. The molecule has 2 rings (SSSR count). The normalized spacial score (nSPS) is 22.2. The molecule has 0 saturated carbocycles. The van der Waals surface area contributed by atoms with E-state index in [1.165, 1.54) is 0 Å². The Morgan fingerprint density at radius 1 is 1.42 bits per heavy atom. The lowest BCUT2D eigenvalue weighted by Gasteiger charge is -2.23. The van der Waals surface area contributed by atoms with Crippen molar-refractivity contribution < 1.29 is 0 Å². The minimum absolute atomic E-state index is 0.857. The van der Waals surface area contributed by atoms with Gasteiger partial charge in [0.2, 0.25) is 0 Å². The van der Waals surface area contributed by atoms with Gasteiger partial charge in [-0.25, -0.2) is 0 Å². The predicted molar refractivity (Wildman–Crippen MR) is 52.9 cm³/mol. The smallest absolute Gasteiger partial charge is 0.157 e. The minimum atomic E-state index is 0.857. The van der Waals surface area contributed by atoms with Crippen molar-refractivity contribution in [2.24, 2.45) is 9.98 Å². The van der Waals surface area contributed by atoms with E-state index in [0.29, 0.717) is 0 Å². The fourth-order valence-corrected chi connectivity index (χ4v) is 1.61. The van der Waals surface area contributed by atoms with Gasteiger partial charge in [0.15, 0.2) is 5.17 Å². The zero-order chi connectivity index (χ0) is 8.39. The van der Waals surface area contributed by atoms with Crippen LogP contribution in [0.5, 0.6) is 0 Å². The number of nitrogens with zero attached hydrogens (tertiary/aromatic N) is 4. The van der Waals surface area contributed by atoms with E-state index in [-0.39, 0.29) is 0 Å². The Hall–Kier alpha value is -0.710. The summed E-state index contributed by atoms with van der Waals surface area (Å²) in [5, 5.41) is 0.857. The second-order valence-corrected chi connectivity index (χ2v) is 3.32. The van der Waals surface area contributed by atoms with Crippen LogP contribution in [0.4, 0.5) is 0 Å². The van der Waals surface area contributed by atoms with Gasteiger partial charge in [-0.05, 0) is 0 Å². The van der Waals surface area contributed by atoms with Crippen molar-refractivity contribution >= 4 is 24.1 Å². The maximum atomic E-state index is 4.26. The molecule has 0 aromatic carbocycles. The molecule has 0 spiro atoms. The first-order valence-corrected chi connectivity index (χ1v) is 4.53. The van der Waals surface area contributed by atoms with Crippen LogP contribution in [-0.2, 0) is 0 Å². The van der Waals surface area contributed by atoms with E-state index < -0.39 is 0 Å². The fourth-order valence-electron chi connectivity index (χ4n) is 1.35. The van der Waals surface area contributed by atoms with Crippen LogP contribution in [-0.4, -0.2) is 54.2 Å². The first-order chi connectivity index (χ1) is 5.86. The van der Waals surface area contributed by atoms with Crippen molar-refractivity contribution in [3.63, 3.8) is 0 Å². The third-order valence-corrected chi connectivity index (χ3v) is 2.44. The molecule has 0 aliphatic carbocycles. The maximum Gasteiger partial charge on any atom is 0.157 e. The topological polar surface area (TPSA) is 31.2 Å². The molecule has 0 fully saturated rings. The van der Waals surface area contributed by atoms with Crippen molar-refractivity contribution in [1.29, 1.82) is 0 Å². The van der Waals surface area contributed by atoms with Gasteiger partial charge in [-0.15, -0.1) is 12.6 Å². The van der Waals surface area contributed by atoms with E-state index in [1.807, 2.05) is 6.34 Å². The van der Waals surface area contributed by atoms with Gasteiger partial charge in [0.1, 0.15) is 0 Å². The van der Waals surface area contributed by atoms with Gasteiger partial charge in [-0.1, -0.05) is 0 Å². The summed E-state index contributed by atoms with van der Waals surface area (Å²) in [5.41, 5.74) is 0. The van der Waals surface area contributed by atoms with Crippen LogP contribution in [0, 0.1) is 0 Å². The van der Waals surface area contributed by atoms with Crippen molar-refractivity contribution in [2.45, 2.75) is 0 Å². The lowest BCUT2D eigenvalue weighted by atomic mass is 10.6. The van der Waals surface area contributed by atoms with Gasteiger partial charge in [0, 0.05) is 13.1 Å². The Balaban J connectivity index is 1.86. The molecule has 0 aromatic heterocycles. The van der Waals surface area contributed by atoms with Gasteiger partial charge in [-0.2, -0.15) is 0 Å². The predicted octanol–water partition coefficient (Wildman–Crippen LogP) is -0.111. The highest BCUT2D eigenvalue weighted by atomic mass is 32.1. The lowest BCUT2D eigenvalue weighted by molar-refractivity contribution is 0.312. The van der Waals surface area contributed by atoms with Crippen molar-refractivity contribution in [3.8, 4) is 0 Å². The molecule has 0 radical (unpaired) electrons. The van der Waals surface area contributed by atoms with Crippen LogP contribution in [0.15, 0.2) is 9.98 Å². The van der Waals surface area contributed by atoms with E-state index in [2.05, 4.69) is 32.4 Å². The molecule has 0 amide bonds. The number of hydrogen-bond acceptors (Lipinski definition) is 4. The lowest BCUT2D eigenvalue weighted by Crippen LogP contribution is -2.36. The summed E-state index contributed by atoms with van der Waals surface area (Å²) >= 11 is 4.26. The minimum Gasteiger partial charge on any atom is -0.343 e. The van der Waals surface area contributed by atoms with Crippen molar-refractivity contribution in [3.05, 3.63) is 0 Å². The van der Waals surface area contributed by atoms with Crippen molar-refractivity contribution in [1.82, 2.24) is 9.80 Å². The van der Waals surface area contributed by atoms with Gasteiger partial charge in [0.25, 0.3) is 0 Å². The first-order valence-electron chi connectivity index (χ1n) is 4.08. The van der Waals surface area contributed by atoms with Gasteiger partial charge < -0.3 is 9.80 Å². The number of amidine groups is 1. The van der Waals surface area contributed by atoms with E-state index in [9.17, 15) is 0 Å². The molecule has 0 atom stereocenters. The standard InChI is InChI=1S/C7H12N4S/c12-7-9-2-4-11(7)6-10-3-1-8-5-10/h5H,1-4,6H2,(H,9,12). The SMILES string of the molecule is SC1=NCCN1CN1C=NCC1. The van der Waals surface area contributed by atoms with Gasteiger partial charge in [0.05, 0.1) is 26.1 Å². The van der Waals surface area contributed by atoms with E-state index in [1.54, 1.807) is 0 Å². The molecule has 0 saturated heterocycles. The van der Waals surface area contributed by atoms with Crippen LogP contribution >= 0.6 is 12.6 Å². The molecular weight excluding hydrogens is 172 g/mol. The summed E-state index contributed by atoms with van der Waals surface area (Å²) in [5.74, 6) is 0. The van der Waals surface area contributed by atoms with Crippen LogP contribution in [0.25, 0.3) is 0 Å². The van der Waals surface area contributed by atoms with Crippen LogP contribution in [0.1, 0.15) is 0 Å². The summed E-state index contributed by atoms with van der Waals surface area (Å²) in [6.45, 7) is 4.70. The molecule has 0 bridgehead atoms. The molecule has 4 nitrogen and oxygen atoms in total. The molecule has 2 aliphatic heterocycles. The number of rotatable bonds is 2. The fraction of sp³-hybridized carbons (Fsp3) is 0.714. The highest BCUT2D eigenvalue weighted by Gasteiger charge is 2.16. The Labute approximate surface area is 77.4 Å². The molecule has 0 unspecified atom stereocenters. The number of thiol groups is 1. The molecule has 0 aromatic rings.